The lowest BCUT2D eigenvalue weighted by Crippen LogP contribution is -2.48. The molecule has 2 N–H and O–H groups in total. The van der Waals surface area contributed by atoms with E-state index in [1.165, 1.54) is 22.1 Å². The monoisotopic (exact) mass is 415 g/mol. The number of nitrogens with zero attached hydrogens (tertiary/aromatic N) is 1. The first kappa shape index (κ1) is 17.8. The summed E-state index contributed by atoms with van der Waals surface area (Å²) in [5.41, 5.74) is 5.08. The molecule has 0 radical (unpaired) electrons. The Morgan fingerprint density at radius 3 is 2.88 bits per heavy atom. The van der Waals surface area contributed by atoms with Crippen molar-refractivity contribution >= 4 is 38.3 Å². The number of carbonyl (C=O) groups is 1. The van der Waals surface area contributed by atoms with Gasteiger partial charge in [0.25, 0.3) is 0 Å². The molecule has 1 aliphatic carbocycles. The number of aromatic amines is 1. The van der Waals surface area contributed by atoms with Gasteiger partial charge < -0.3 is 10.3 Å². The maximum absolute atomic E-state index is 12.8. The normalized spacial score (nSPS) is 22.4. The predicted octanol–water partition coefficient (Wildman–Crippen LogP) is 4.10. The molecule has 26 heavy (non-hydrogen) atoms. The van der Waals surface area contributed by atoms with Crippen molar-refractivity contribution in [2.75, 3.05) is 13.6 Å². The van der Waals surface area contributed by atoms with Crippen LogP contribution < -0.4 is 5.32 Å². The number of likely N-dealkylation sites (N-methyl/N-ethyl adjacent to an activating group) is 1. The first-order valence-electron chi connectivity index (χ1n) is 9.55. The number of halogens is 1. The van der Waals surface area contributed by atoms with E-state index in [1.54, 1.807) is 0 Å². The number of nitrogens with one attached hydrogen (secondary N) is 2. The summed E-state index contributed by atoms with van der Waals surface area (Å²) in [4.78, 5) is 18.6. The first-order valence-corrected chi connectivity index (χ1v) is 10.3. The van der Waals surface area contributed by atoms with Gasteiger partial charge in [-0.05, 0) is 65.0 Å². The molecule has 1 amide bonds. The average Bonchev–Trinajstić information content (AvgIpc) is 2.97. The van der Waals surface area contributed by atoms with Crippen LogP contribution in [-0.2, 0) is 11.2 Å². The molecule has 0 bridgehead atoms. The summed E-state index contributed by atoms with van der Waals surface area (Å²) in [5.74, 6) is 0.0655. The lowest BCUT2D eigenvalue weighted by Gasteiger charge is -2.39. The fraction of sp³-hybridized carbons (Fsp3) is 0.476. The van der Waals surface area contributed by atoms with Crippen LogP contribution in [0, 0.1) is 5.92 Å². The van der Waals surface area contributed by atoms with Crippen LogP contribution in [0.5, 0.6) is 0 Å². The predicted molar refractivity (Wildman–Crippen MR) is 110 cm³/mol. The smallest absolute Gasteiger partial charge is 0.228 e. The third kappa shape index (κ3) is 2.81. The minimum absolute atomic E-state index is 0.0916. The third-order valence-electron chi connectivity index (χ3n) is 6.01. The van der Waals surface area contributed by atoms with Crippen molar-refractivity contribution in [2.45, 2.75) is 45.2 Å². The molecule has 5 heteroatoms. The molecule has 1 unspecified atom stereocenters. The van der Waals surface area contributed by atoms with Crippen LogP contribution in [0.2, 0.25) is 0 Å². The molecule has 2 aromatic rings. The Morgan fingerprint density at radius 2 is 2.15 bits per heavy atom. The zero-order chi connectivity index (χ0) is 18.4. The number of H-pyrrole nitrogens is 1. The summed E-state index contributed by atoms with van der Waals surface area (Å²) in [7, 11) is 2.14. The van der Waals surface area contributed by atoms with E-state index in [4.69, 9.17) is 0 Å². The molecule has 1 aliphatic heterocycles. The summed E-state index contributed by atoms with van der Waals surface area (Å²) in [6.07, 6.45) is 5.15. The second-order valence-corrected chi connectivity index (χ2v) is 8.35. The number of amides is 1. The van der Waals surface area contributed by atoms with Crippen molar-refractivity contribution in [3.63, 3.8) is 0 Å². The molecule has 138 valence electrons. The Labute approximate surface area is 163 Å². The maximum Gasteiger partial charge on any atom is 0.228 e. The van der Waals surface area contributed by atoms with Crippen molar-refractivity contribution in [1.82, 2.24) is 15.2 Å². The Bertz CT molecular complexity index is 881. The van der Waals surface area contributed by atoms with Crippen molar-refractivity contribution in [1.29, 1.82) is 0 Å². The lowest BCUT2D eigenvalue weighted by molar-refractivity contribution is -0.125. The zero-order valence-electron chi connectivity index (χ0n) is 15.6. The van der Waals surface area contributed by atoms with E-state index in [-0.39, 0.29) is 17.9 Å². The van der Waals surface area contributed by atoms with Crippen LogP contribution in [0.15, 0.2) is 28.9 Å². The second-order valence-electron chi connectivity index (χ2n) is 7.56. The fourth-order valence-corrected chi connectivity index (χ4v) is 5.03. The molecule has 0 saturated heterocycles. The van der Waals surface area contributed by atoms with Crippen LogP contribution in [-0.4, -0.2) is 41.5 Å². The van der Waals surface area contributed by atoms with E-state index in [1.807, 2.05) is 0 Å². The molecule has 1 aromatic heterocycles. The summed E-state index contributed by atoms with van der Waals surface area (Å²) in [6, 6.07) is 7.02. The number of hydrogen-bond donors (Lipinski definition) is 2. The first-order chi connectivity index (χ1) is 12.5. The molecule has 1 aromatic carbocycles. The minimum Gasteiger partial charge on any atom is -0.353 e. The summed E-state index contributed by atoms with van der Waals surface area (Å²) in [6.45, 7) is 5.03. The van der Waals surface area contributed by atoms with E-state index < -0.39 is 0 Å². The van der Waals surface area contributed by atoms with Gasteiger partial charge in [-0.2, -0.15) is 0 Å². The standard InChI is InChI=1S/C21H26BrN3O/c1-4-13(5-2)23-21(26)12-9-15-14-7-6-8-17-19(14)16(20(22)24-17)10-18(15)25(3)11-12/h6-9,12-13,18,24H,4-5,10-11H2,1-3H3,(H,23,26)/t12-,18?/m1/s1. The Kier molecular flexibility index (Phi) is 4.70. The molecule has 2 heterocycles. The Morgan fingerprint density at radius 1 is 1.38 bits per heavy atom. The van der Waals surface area contributed by atoms with E-state index in [2.05, 4.69) is 76.3 Å². The van der Waals surface area contributed by atoms with E-state index in [0.717, 1.165) is 35.9 Å². The van der Waals surface area contributed by atoms with Gasteiger partial charge in [-0.3, -0.25) is 9.69 Å². The van der Waals surface area contributed by atoms with Gasteiger partial charge in [-0.15, -0.1) is 0 Å². The molecule has 0 saturated carbocycles. The van der Waals surface area contributed by atoms with Gasteiger partial charge >= 0.3 is 0 Å². The molecular formula is C21H26BrN3O. The second kappa shape index (κ2) is 6.86. The maximum atomic E-state index is 12.8. The highest BCUT2D eigenvalue weighted by Crippen LogP contribution is 2.43. The van der Waals surface area contributed by atoms with E-state index >= 15 is 0 Å². The quantitative estimate of drug-likeness (QED) is 0.789. The highest BCUT2D eigenvalue weighted by atomic mass is 79.9. The number of rotatable bonds is 4. The van der Waals surface area contributed by atoms with Crippen LogP contribution in [0.4, 0.5) is 0 Å². The molecule has 0 fully saturated rings. The van der Waals surface area contributed by atoms with Gasteiger partial charge in [0, 0.05) is 29.5 Å². The molecule has 4 nitrogen and oxygen atoms in total. The molecule has 2 atom stereocenters. The highest BCUT2D eigenvalue weighted by molar-refractivity contribution is 9.10. The van der Waals surface area contributed by atoms with Gasteiger partial charge in [0.2, 0.25) is 5.91 Å². The van der Waals surface area contributed by atoms with Gasteiger partial charge in [-0.25, -0.2) is 0 Å². The molecular weight excluding hydrogens is 390 g/mol. The van der Waals surface area contributed by atoms with E-state index in [0.29, 0.717) is 6.04 Å². The lowest BCUT2D eigenvalue weighted by atomic mass is 9.79. The molecule has 2 aliphatic rings. The van der Waals surface area contributed by atoms with Crippen LogP contribution in [0.1, 0.15) is 37.8 Å². The van der Waals surface area contributed by atoms with Gasteiger partial charge in [0.1, 0.15) is 0 Å². The summed E-state index contributed by atoms with van der Waals surface area (Å²) < 4.78 is 1.08. The third-order valence-corrected chi connectivity index (χ3v) is 6.69. The van der Waals surface area contributed by atoms with Crippen molar-refractivity contribution in [3.8, 4) is 0 Å². The fourth-order valence-electron chi connectivity index (χ4n) is 4.46. The van der Waals surface area contributed by atoms with Gasteiger partial charge in [0.05, 0.1) is 10.5 Å². The zero-order valence-corrected chi connectivity index (χ0v) is 17.2. The van der Waals surface area contributed by atoms with Gasteiger partial charge in [-0.1, -0.05) is 32.1 Å². The van der Waals surface area contributed by atoms with Crippen LogP contribution in [0.25, 0.3) is 16.5 Å². The number of aromatic nitrogens is 1. The minimum atomic E-state index is -0.0916. The van der Waals surface area contributed by atoms with E-state index in [9.17, 15) is 4.79 Å². The Balaban J connectivity index is 1.74. The van der Waals surface area contributed by atoms with Gasteiger partial charge in [0.15, 0.2) is 0 Å². The van der Waals surface area contributed by atoms with Crippen LogP contribution in [0.3, 0.4) is 0 Å². The molecule has 0 spiro atoms. The topological polar surface area (TPSA) is 48.1 Å². The number of hydrogen-bond acceptors (Lipinski definition) is 2. The van der Waals surface area contributed by atoms with Crippen LogP contribution >= 0.6 is 15.9 Å². The summed E-state index contributed by atoms with van der Waals surface area (Å²) in [5, 5.41) is 4.53. The van der Waals surface area contributed by atoms with Crippen molar-refractivity contribution < 1.29 is 4.79 Å². The number of fused-ring (bicyclic) bond motifs is 2. The Hall–Kier alpha value is -1.59. The summed E-state index contributed by atoms with van der Waals surface area (Å²) >= 11 is 3.69. The molecule has 4 rings (SSSR count). The largest absolute Gasteiger partial charge is 0.353 e. The highest BCUT2D eigenvalue weighted by Gasteiger charge is 2.36. The number of benzene rings is 1. The average molecular weight is 416 g/mol. The number of carbonyl (C=O) groups excluding carboxylic acids is 1. The van der Waals surface area contributed by atoms with Crippen molar-refractivity contribution in [2.24, 2.45) is 5.92 Å². The SMILES string of the molecule is CCC(CC)NC(=O)[C@@H]1C=C2c3cccc4[nH]c(Br)c(c34)CC2N(C)C1. The van der Waals surface area contributed by atoms with Crippen molar-refractivity contribution in [3.05, 3.63) is 40.0 Å².